The Bertz CT molecular complexity index is 836. The number of rotatable bonds is 2. The normalized spacial score (nSPS) is 11.2. The van der Waals surface area contributed by atoms with Crippen molar-refractivity contribution >= 4 is 40.3 Å². The first kappa shape index (κ1) is 12.9. The van der Waals surface area contributed by atoms with E-state index in [1.165, 1.54) is 0 Å². The quantitative estimate of drug-likeness (QED) is 0.679. The van der Waals surface area contributed by atoms with Gasteiger partial charge in [-0.2, -0.15) is 0 Å². The van der Waals surface area contributed by atoms with Crippen molar-refractivity contribution in [2.75, 3.05) is 19.0 Å². The van der Waals surface area contributed by atoms with E-state index in [-0.39, 0.29) is 0 Å². The summed E-state index contributed by atoms with van der Waals surface area (Å²) >= 11 is 6.13. The lowest BCUT2D eigenvalue weighted by Gasteiger charge is -2.13. The zero-order valence-corrected chi connectivity index (χ0v) is 12.3. The van der Waals surface area contributed by atoms with Gasteiger partial charge >= 0.3 is 0 Å². The van der Waals surface area contributed by atoms with E-state index in [1.54, 1.807) is 0 Å². The summed E-state index contributed by atoms with van der Waals surface area (Å²) in [6.07, 6.45) is 0.790. The Morgan fingerprint density at radius 2 is 2.00 bits per heavy atom. The molecule has 20 heavy (non-hydrogen) atoms. The fourth-order valence-corrected chi connectivity index (χ4v) is 2.67. The number of nitrogens with zero attached hydrogens (tertiary/aromatic N) is 3. The zero-order valence-electron chi connectivity index (χ0n) is 11.5. The smallest absolute Gasteiger partial charge is 0.210 e. The van der Waals surface area contributed by atoms with Crippen LogP contribution in [-0.2, 0) is 0 Å². The monoisotopic (exact) mass is 287 g/mol. The van der Waals surface area contributed by atoms with Crippen LogP contribution >= 0.6 is 11.6 Å². The molecule has 0 unspecified atom stereocenters. The summed E-state index contributed by atoms with van der Waals surface area (Å²) in [6, 6.07) is 7.75. The molecule has 3 aromatic rings. The van der Waals surface area contributed by atoms with Crippen molar-refractivity contribution in [1.82, 2.24) is 9.38 Å². The second kappa shape index (κ2) is 4.49. The zero-order chi connectivity index (χ0) is 14.4. The molecule has 5 heteroatoms. The number of aromatic nitrogens is 2. The highest BCUT2D eigenvalue weighted by Gasteiger charge is 2.16. The van der Waals surface area contributed by atoms with E-state index in [9.17, 15) is 4.79 Å². The molecule has 0 fully saturated rings. The van der Waals surface area contributed by atoms with Crippen molar-refractivity contribution in [1.29, 1.82) is 0 Å². The third kappa shape index (κ3) is 1.76. The fourth-order valence-electron chi connectivity index (χ4n) is 2.51. The number of imidazole rings is 1. The average Bonchev–Trinajstić information content (AvgIpc) is 2.77. The number of carbonyl (C=O) groups excluding carboxylic acids is 1. The van der Waals surface area contributed by atoms with Gasteiger partial charge in [-0.05, 0) is 30.7 Å². The number of halogens is 1. The van der Waals surface area contributed by atoms with Gasteiger partial charge in [0.1, 0.15) is 5.69 Å². The van der Waals surface area contributed by atoms with Crippen molar-refractivity contribution < 1.29 is 4.79 Å². The first-order valence-electron chi connectivity index (χ1n) is 6.26. The third-order valence-corrected chi connectivity index (χ3v) is 3.65. The van der Waals surface area contributed by atoms with Crippen molar-refractivity contribution in [3.63, 3.8) is 0 Å². The lowest BCUT2D eigenvalue weighted by molar-refractivity contribution is 0.112. The first-order chi connectivity index (χ1) is 9.52. The van der Waals surface area contributed by atoms with Crippen LogP contribution in [0.1, 0.15) is 16.1 Å². The van der Waals surface area contributed by atoms with Crippen LogP contribution < -0.4 is 4.90 Å². The lowest BCUT2D eigenvalue weighted by atomic mass is 10.1. The maximum absolute atomic E-state index is 11.3. The van der Waals surface area contributed by atoms with E-state index in [2.05, 4.69) is 4.98 Å². The molecule has 4 nitrogen and oxygen atoms in total. The second-order valence-corrected chi connectivity index (χ2v) is 5.46. The number of hydrogen-bond donors (Lipinski definition) is 0. The Morgan fingerprint density at radius 1 is 1.25 bits per heavy atom. The number of hydrogen-bond acceptors (Lipinski definition) is 3. The Hall–Kier alpha value is -2.07. The predicted octanol–water partition coefficient (Wildman–Crippen LogP) is 3.33. The van der Waals surface area contributed by atoms with Gasteiger partial charge in [-0.1, -0.05) is 17.7 Å². The number of carbonyl (C=O) groups is 1. The number of pyridine rings is 1. The van der Waals surface area contributed by atoms with E-state index in [0.29, 0.717) is 10.7 Å². The molecule has 0 atom stereocenters. The molecular formula is C15H14ClN3O. The molecule has 0 bridgehead atoms. The van der Waals surface area contributed by atoms with E-state index in [4.69, 9.17) is 11.6 Å². The van der Waals surface area contributed by atoms with Crippen LogP contribution in [0.25, 0.3) is 16.4 Å². The molecule has 3 rings (SSSR count). The van der Waals surface area contributed by atoms with Crippen molar-refractivity contribution in [2.24, 2.45) is 0 Å². The van der Waals surface area contributed by atoms with Gasteiger partial charge in [-0.15, -0.1) is 0 Å². The predicted molar refractivity (Wildman–Crippen MR) is 82.2 cm³/mol. The topological polar surface area (TPSA) is 37.6 Å². The first-order valence-corrected chi connectivity index (χ1v) is 6.64. The molecule has 0 aliphatic carbocycles. The van der Waals surface area contributed by atoms with Gasteiger partial charge in [-0.25, -0.2) is 4.98 Å². The van der Waals surface area contributed by atoms with E-state index < -0.39 is 0 Å². The summed E-state index contributed by atoms with van der Waals surface area (Å²) in [4.78, 5) is 17.5. The molecule has 0 aliphatic heterocycles. The SMILES string of the molecule is Cc1cc2c(C=O)nc(N(C)C)n2c2cc(Cl)ccc12. The molecule has 0 amide bonds. The van der Waals surface area contributed by atoms with Crippen LogP contribution in [0.2, 0.25) is 5.02 Å². The number of anilines is 1. The maximum Gasteiger partial charge on any atom is 0.210 e. The minimum absolute atomic E-state index is 0.443. The third-order valence-electron chi connectivity index (χ3n) is 3.41. The summed E-state index contributed by atoms with van der Waals surface area (Å²) in [7, 11) is 3.80. The highest BCUT2D eigenvalue weighted by Crippen LogP contribution is 2.29. The Morgan fingerprint density at radius 3 is 2.65 bits per heavy atom. The second-order valence-electron chi connectivity index (χ2n) is 5.02. The number of benzene rings is 1. The Kier molecular flexibility index (Phi) is 2.91. The lowest BCUT2D eigenvalue weighted by Crippen LogP contribution is -2.12. The summed E-state index contributed by atoms with van der Waals surface area (Å²) in [6.45, 7) is 2.02. The van der Waals surface area contributed by atoms with Gasteiger partial charge in [0.15, 0.2) is 6.29 Å². The highest BCUT2D eigenvalue weighted by atomic mass is 35.5. The molecule has 0 radical (unpaired) electrons. The fraction of sp³-hybridized carbons (Fsp3) is 0.200. The minimum Gasteiger partial charge on any atom is -0.348 e. The Labute approximate surface area is 121 Å². The largest absolute Gasteiger partial charge is 0.348 e. The molecule has 0 saturated heterocycles. The number of fused-ring (bicyclic) bond motifs is 3. The van der Waals surface area contributed by atoms with E-state index in [0.717, 1.165) is 34.2 Å². The molecule has 0 N–H and O–H groups in total. The van der Waals surface area contributed by atoms with Crippen LogP contribution in [0.15, 0.2) is 24.3 Å². The van der Waals surface area contributed by atoms with Crippen LogP contribution in [0.5, 0.6) is 0 Å². The van der Waals surface area contributed by atoms with Crippen LogP contribution in [0.3, 0.4) is 0 Å². The number of aryl methyl sites for hydroxylation is 1. The van der Waals surface area contributed by atoms with Crippen molar-refractivity contribution in [3.05, 3.63) is 40.5 Å². The van der Waals surface area contributed by atoms with Gasteiger partial charge in [-0.3, -0.25) is 9.20 Å². The van der Waals surface area contributed by atoms with Crippen LogP contribution in [0, 0.1) is 6.92 Å². The molecule has 0 spiro atoms. The van der Waals surface area contributed by atoms with Gasteiger partial charge in [0.05, 0.1) is 11.0 Å². The Balaban J connectivity index is 2.60. The molecule has 0 aliphatic rings. The molecule has 1 aromatic carbocycles. The van der Waals surface area contributed by atoms with Crippen molar-refractivity contribution in [3.8, 4) is 0 Å². The van der Waals surface area contributed by atoms with Crippen LogP contribution in [-0.4, -0.2) is 29.8 Å². The molecule has 0 saturated carbocycles. The summed E-state index contributed by atoms with van der Waals surface area (Å²) in [5, 5.41) is 1.76. The van der Waals surface area contributed by atoms with Gasteiger partial charge in [0.25, 0.3) is 0 Å². The molecule has 2 heterocycles. The number of aldehydes is 1. The van der Waals surface area contributed by atoms with Crippen LogP contribution in [0.4, 0.5) is 5.95 Å². The van der Waals surface area contributed by atoms with Crippen molar-refractivity contribution in [2.45, 2.75) is 6.92 Å². The summed E-state index contributed by atoms with van der Waals surface area (Å²) < 4.78 is 1.97. The maximum atomic E-state index is 11.3. The highest BCUT2D eigenvalue weighted by molar-refractivity contribution is 6.31. The molecule has 102 valence electrons. The molecule has 2 aromatic heterocycles. The van der Waals surface area contributed by atoms with E-state index >= 15 is 0 Å². The summed E-state index contributed by atoms with van der Waals surface area (Å²) in [5.41, 5.74) is 3.30. The van der Waals surface area contributed by atoms with Gasteiger partial charge in [0.2, 0.25) is 5.95 Å². The standard InChI is InChI=1S/C15H14ClN3O/c1-9-6-14-12(8-20)17-15(18(2)3)19(14)13-7-10(16)4-5-11(9)13/h4-8H,1-3H3. The average molecular weight is 288 g/mol. The summed E-state index contributed by atoms with van der Waals surface area (Å²) in [5.74, 6) is 0.717. The van der Waals surface area contributed by atoms with Gasteiger partial charge in [0, 0.05) is 24.5 Å². The minimum atomic E-state index is 0.443. The van der Waals surface area contributed by atoms with E-state index in [1.807, 2.05) is 54.6 Å². The molecular weight excluding hydrogens is 274 g/mol. The van der Waals surface area contributed by atoms with Gasteiger partial charge < -0.3 is 4.90 Å².